The number of hydrogen-bond donors (Lipinski definition) is 3. The maximum Gasteiger partial charge on any atom is 0.269 e. The van der Waals surface area contributed by atoms with Gasteiger partial charge in [0.05, 0.1) is 41.5 Å². The largest absolute Gasteiger partial charge is 0.364 e. The fourth-order valence-corrected chi connectivity index (χ4v) is 5.97. The molecule has 2 aromatic carbocycles. The van der Waals surface area contributed by atoms with E-state index in [1.807, 2.05) is 12.1 Å². The number of aromatic amines is 1. The van der Waals surface area contributed by atoms with E-state index in [1.54, 1.807) is 48.8 Å². The molecule has 5 aromatic rings. The molecule has 3 aromatic heterocycles. The summed E-state index contributed by atoms with van der Waals surface area (Å²) in [4.78, 5) is 45.3. The number of aromatic nitrogens is 6. The molecule has 0 bridgehead atoms. The van der Waals surface area contributed by atoms with E-state index in [1.165, 1.54) is 9.58 Å². The average Bonchev–Trinajstić information content (AvgIpc) is 3.77. The predicted octanol–water partition coefficient (Wildman–Crippen LogP) is 3.04. The number of nitrogens with two attached hydrogens (primary N) is 1. The van der Waals surface area contributed by atoms with Crippen molar-refractivity contribution in [3.05, 3.63) is 78.4 Å². The number of likely N-dealkylation sites (tertiary alicyclic amines) is 1. The summed E-state index contributed by atoms with van der Waals surface area (Å²) in [5.74, 6) is -1.47. The van der Waals surface area contributed by atoms with Gasteiger partial charge in [-0.1, -0.05) is 31.2 Å². The molecule has 7 rings (SSSR count). The zero-order valence-corrected chi connectivity index (χ0v) is 24.7. The standard InChI is InChI=1S/C32H29FN10O3/c1-17-5-7-23(35-13-17)28-21-3-2-4-24(29(21)40-39-28)38-32(46)26-12-20(33)15-42(26)27(44)16-43-25-8-6-18(19-9-10-36-37-14-19)11-22(25)30(41-43)31(34)45/h2-11,14,17,20,26H,12-13,15-16H2,1H3,(H2,34,45)(H,38,46)(H,39,40). The molecule has 46 heavy (non-hydrogen) atoms. The number of allylic oxidation sites excluding steroid dienone is 1. The van der Waals surface area contributed by atoms with Gasteiger partial charge in [0.1, 0.15) is 24.3 Å². The summed E-state index contributed by atoms with van der Waals surface area (Å²) in [6.07, 6.45) is 5.61. The van der Waals surface area contributed by atoms with Crippen molar-refractivity contribution in [1.29, 1.82) is 0 Å². The Bertz CT molecular complexity index is 2070. The number of benzene rings is 2. The number of primary amides is 1. The Morgan fingerprint density at radius 1 is 1.11 bits per heavy atom. The first-order valence-electron chi connectivity index (χ1n) is 14.8. The molecule has 3 amide bonds. The van der Waals surface area contributed by atoms with Crippen LogP contribution in [0.3, 0.4) is 0 Å². The summed E-state index contributed by atoms with van der Waals surface area (Å²) in [5.41, 5.74) is 10.1. The number of rotatable bonds is 7. The molecule has 4 N–H and O–H groups in total. The predicted molar refractivity (Wildman–Crippen MR) is 169 cm³/mol. The number of alkyl halides is 1. The number of H-pyrrole nitrogens is 1. The van der Waals surface area contributed by atoms with Gasteiger partial charge in [0, 0.05) is 29.3 Å². The number of carbonyl (C=O) groups is 3. The fourth-order valence-electron chi connectivity index (χ4n) is 5.97. The molecule has 0 saturated carbocycles. The van der Waals surface area contributed by atoms with E-state index >= 15 is 0 Å². The van der Waals surface area contributed by atoms with Gasteiger partial charge in [-0.2, -0.15) is 20.4 Å². The highest BCUT2D eigenvalue weighted by Crippen LogP contribution is 2.29. The maximum absolute atomic E-state index is 14.8. The number of carbonyl (C=O) groups excluding carboxylic acids is 3. The average molecular weight is 621 g/mol. The summed E-state index contributed by atoms with van der Waals surface area (Å²) in [6.45, 7) is 2.17. The molecule has 2 aliphatic heterocycles. The number of fused-ring (bicyclic) bond motifs is 2. The van der Waals surface area contributed by atoms with E-state index in [0.717, 1.165) is 27.9 Å². The molecule has 1 saturated heterocycles. The number of halogens is 1. The third kappa shape index (κ3) is 5.27. The third-order valence-corrected chi connectivity index (χ3v) is 8.29. The molecule has 13 nitrogen and oxygen atoms in total. The number of nitrogens with zero attached hydrogens (tertiary/aromatic N) is 7. The minimum Gasteiger partial charge on any atom is -0.364 e. The number of anilines is 1. The lowest BCUT2D eigenvalue weighted by Gasteiger charge is -2.23. The maximum atomic E-state index is 14.8. The van der Waals surface area contributed by atoms with Gasteiger partial charge >= 0.3 is 0 Å². The number of aliphatic imine (C=N–C) groups is 1. The Hall–Kier alpha value is -5.79. The van der Waals surface area contributed by atoms with E-state index in [-0.39, 0.29) is 25.2 Å². The molecule has 0 aliphatic carbocycles. The highest BCUT2D eigenvalue weighted by Gasteiger charge is 2.40. The van der Waals surface area contributed by atoms with Gasteiger partial charge in [0.25, 0.3) is 5.91 Å². The molecule has 0 radical (unpaired) electrons. The van der Waals surface area contributed by atoms with E-state index in [0.29, 0.717) is 34.6 Å². The molecule has 3 unspecified atom stereocenters. The Morgan fingerprint density at radius 3 is 2.74 bits per heavy atom. The number of amides is 3. The minimum atomic E-state index is -1.39. The Balaban J connectivity index is 1.13. The van der Waals surface area contributed by atoms with Crippen molar-refractivity contribution in [2.24, 2.45) is 16.6 Å². The van der Waals surface area contributed by atoms with E-state index in [4.69, 9.17) is 5.73 Å². The van der Waals surface area contributed by atoms with Crippen molar-refractivity contribution in [3.8, 4) is 11.1 Å². The minimum absolute atomic E-state index is 0.0126. The van der Waals surface area contributed by atoms with Crippen LogP contribution < -0.4 is 11.1 Å². The number of hydrogen-bond acceptors (Lipinski definition) is 8. The van der Waals surface area contributed by atoms with Crippen LogP contribution in [0.4, 0.5) is 10.1 Å². The second-order valence-electron chi connectivity index (χ2n) is 11.5. The van der Waals surface area contributed by atoms with Gasteiger partial charge in [-0.05, 0) is 41.8 Å². The summed E-state index contributed by atoms with van der Waals surface area (Å²) >= 11 is 0. The van der Waals surface area contributed by atoms with Crippen LogP contribution in [0.25, 0.3) is 32.9 Å². The van der Waals surface area contributed by atoms with Crippen LogP contribution in [-0.2, 0) is 16.1 Å². The summed E-state index contributed by atoms with van der Waals surface area (Å²) in [5, 5.41) is 23.5. The van der Waals surface area contributed by atoms with E-state index in [9.17, 15) is 18.8 Å². The monoisotopic (exact) mass is 620 g/mol. The number of para-hydroxylation sites is 1. The van der Waals surface area contributed by atoms with Crippen molar-refractivity contribution in [3.63, 3.8) is 0 Å². The smallest absolute Gasteiger partial charge is 0.269 e. The Morgan fingerprint density at radius 2 is 1.98 bits per heavy atom. The van der Waals surface area contributed by atoms with Crippen LogP contribution >= 0.6 is 0 Å². The van der Waals surface area contributed by atoms with Crippen molar-refractivity contribution < 1.29 is 18.8 Å². The summed E-state index contributed by atoms with van der Waals surface area (Å²) in [7, 11) is 0. The first-order valence-corrected chi connectivity index (χ1v) is 14.8. The Labute approximate surface area is 261 Å². The Kier molecular flexibility index (Phi) is 7.31. The molecule has 5 heterocycles. The fraction of sp³-hybridized carbons (Fsp3) is 0.250. The van der Waals surface area contributed by atoms with Crippen LogP contribution in [0.5, 0.6) is 0 Å². The van der Waals surface area contributed by atoms with Crippen molar-refractivity contribution >= 4 is 50.9 Å². The lowest BCUT2D eigenvalue weighted by atomic mass is 10.0. The normalized spacial score (nSPS) is 19.5. The molecule has 0 spiro atoms. The second kappa shape index (κ2) is 11.6. The zero-order valence-electron chi connectivity index (χ0n) is 24.7. The van der Waals surface area contributed by atoms with Crippen LogP contribution in [0.15, 0.2) is 72.0 Å². The summed E-state index contributed by atoms with van der Waals surface area (Å²) < 4.78 is 16.1. The third-order valence-electron chi connectivity index (χ3n) is 8.29. The van der Waals surface area contributed by atoms with Gasteiger partial charge < -0.3 is 16.0 Å². The second-order valence-corrected chi connectivity index (χ2v) is 11.5. The molecule has 3 atom stereocenters. The van der Waals surface area contributed by atoms with Gasteiger partial charge in [-0.25, -0.2) is 4.39 Å². The van der Waals surface area contributed by atoms with Gasteiger partial charge in [0.2, 0.25) is 11.8 Å². The zero-order chi connectivity index (χ0) is 31.9. The lowest BCUT2D eigenvalue weighted by molar-refractivity contribution is -0.137. The first-order chi connectivity index (χ1) is 22.3. The lowest BCUT2D eigenvalue weighted by Crippen LogP contribution is -2.44. The van der Waals surface area contributed by atoms with E-state index < -0.39 is 29.9 Å². The number of dihydropyridines is 1. The quantitative estimate of drug-likeness (QED) is 0.250. The van der Waals surface area contributed by atoms with Crippen LogP contribution in [-0.4, -0.2) is 83.8 Å². The SMILES string of the molecule is CC1C=CC(c2[nH]nc3c(NC(=O)C4CC(F)CN4C(=O)Cn4nc(C(N)=O)c5cc(-c6ccnnc6)ccc54)cccc23)=NC1. The molecule has 232 valence electrons. The highest BCUT2D eigenvalue weighted by molar-refractivity contribution is 6.17. The molecule has 14 heteroatoms. The van der Waals surface area contributed by atoms with Crippen molar-refractivity contribution in [1.82, 2.24) is 35.1 Å². The molecular weight excluding hydrogens is 591 g/mol. The van der Waals surface area contributed by atoms with E-state index in [2.05, 4.69) is 48.8 Å². The topological polar surface area (TPSA) is 177 Å². The van der Waals surface area contributed by atoms with Crippen LogP contribution in [0.2, 0.25) is 0 Å². The first kappa shape index (κ1) is 29.0. The molecular formula is C32H29FN10O3. The molecule has 1 fully saturated rings. The molecule has 2 aliphatic rings. The van der Waals surface area contributed by atoms with Gasteiger partial charge in [-0.3, -0.25) is 29.2 Å². The van der Waals surface area contributed by atoms with Crippen molar-refractivity contribution in [2.45, 2.75) is 32.1 Å². The summed E-state index contributed by atoms with van der Waals surface area (Å²) in [6, 6.07) is 11.3. The van der Waals surface area contributed by atoms with Crippen LogP contribution in [0, 0.1) is 5.92 Å². The van der Waals surface area contributed by atoms with Crippen LogP contribution in [0.1, 0.15) is 29.5 Å². The highest BCUT2D eigenvalue weighted by atomic mass is 19.1. The van der Waals surface area contributed by atoms with Gasteiger partial charge in [-0.15, -0.1) is 0 Å². The van der Waals surface area contributed by atoms with Crippen molar-refractivity contribution in [2.75, 3.05) is 18.4 Å². The van der Waals surface area contributed by atoms with Gasteiger partial charge in [0.15, 0.2) is 5.69 Å². The number of nitrogens with one attached hydrogen (secondary N) is 2.